The van der Waals surface area contributed by atoms with E-state index in [4.69, 9.17) is 4.98 Å². The number of nitrogens with zero attached hydrogens (tertiary/aromatic N) is 3. The number of hydrogen-bond acceptors (Lipinski definition) is 3. The second-order valence-electron chi connectivity index (χ2n) is 7.36. The first-order chi connectivity index (χ1) is 13.3. The minimum Gasteiger partial charge on any atom is -0.361 e. The molecule has 0 aliphatic carbocycles. The minimum absolute atomic E-state index is 0.829. The number of H-pyrrole nitrogens is 1. The fourth-order valence-electron chi connectivity index (χ4n) is 3.91. The lowest BCUT2D eigenvalue weighted by Gasteiger charge is -2.27. The van der Waals surface area contributed by atoms with Crippen molar-refractivity contribution in [2.24, 2.45) is 0 Å². The van der Waals surface area contributed by atoms with Crippen LogP contribution in [0.15, 0.2) is 60.9 Å². The first kappa shape index (κ1) is 16.2. The van der Waals surface area contributed by atoms with Crippen molar-refractivity contribution < 1.29 is 0 Å². The summed E-state index contributed by atoms with van der Waals surface area (Å²) in [5, 5.41) is 1.32. The van der Waals surface area contributed by atoms with Crippen LogP contribution in [0, 0.1) is 6.92 Å². The number of benzene rings is 2. The van der Waals surface area contributed by atoms with Crippen LogP contribution in [0.2, 0.25) is 0 Å². The smallest absolute Gasteiger partial charge is 0.159 e. The number of rotatable bonds is 3. The van der Waals surface area contributed by atoms with Crippen LogP contribution in [-0.2, 0) is 19.5 Å². The number of hydrogen-bond donors (Lipinski definition) is 1. The zero-order valence-electron chi connectivity index (χ0n) is 15.4. The van der Waals surface area contributed by atoms with Crippen LogP contribution in [0.25, 0.3) is 22.3 Å². The lowest BCUT2D eigenvalue weighted by molar-refractivity contribution is 0.244. The SMILES string of the molecule is Cc1ccc2c(CN3CCc4nc(-c5ccccc5)ncc4C3)c[nH]c2c1. The lowest BCUT2D eigenvalue weighted by Crippen LogP contribution is -2.30. The molecule has 0 saturated heterocycles. The third-order valence-corrected chi connectivity index (χ3v) is 5.36. The molecular formula is C23H22N4. The molecule has 2 aromatic carbocycles. The quantitative estimate of drug-likeness (QED) is 0.589. The first-order valence-corrected chi connectivity index (χ1v) is 9.45. The number of aryl methyl sites for hydroxylation is 1. The molecule has 1 aliphatic heterocycles. The van der Waals surface area contributed by atoms with Gasteiger partial charge in [-0.3, -0.25) is 4.90 Å². The van der Waals surface area contributed by atoms with Crippen LogP contribution in [0.4, 0.5) is 0 Å². The van der Waals surface area contributed by atoms with Gasteiger partial charge in [-0.15, -0.1) is 0 Å². The van der Waals surface area contributed by atoms with Crippen molar-refractivity contribution in [2.75, 3.05) is 6.54 Å². The Bertz CT molecular complexity index is 1100. The van der Waals surface area contributed by atoms with Crippen molar-refractivity contribution in [3.8, 4) is 11.4 Å². The van der Waals surface area contributed by atoms with E-state index in [1.54, 1.807) is 0 Å². The molecule has 2 aromatic heterocycles. The summed E-state index contributed by atoms with van der Waals surface area (Å²) >= 11 is 0. The van der Waals surface area contributed by atoms with Gasteiger partial charge in [0.2, 0.25) is 0 Å². The Balaban J connectivity index is 1.36. The lowest BCUT2D eigenvalue weighted by atomic mass is 10.1. The molecule has 5 rings (SSSR count). The minimum atomic E-state index is 0.829. The Morgan fingerprint density at radius 2 is 2.00 bits per heavy atom. The summed E-state index contributed by atoms with van der Waals surface area (Å²) in [6.45, 7) is 5.01. The Morgan fingerprint density at radius 1 is 1.11 bits per heavy atom. The van der Waals surface area contributed by atoms with Gasteiger partial charge in [-0.25, -0.2) is 9.97 Å². The van der Waals surface area contributed by atoms with E-state index < -0.39 is 0 Å². The molecule has 0 unspecified atom stereocenters. The summed E-state index contributed by atoms with van der Waals surface area (Å²) in [6, 6.07) is 16.8. The average molecular weight is 354 g/mol. The van der Waals surface area contributed by atoms with Crippen LogP contribution in [-0.4, -0.2) is 26.4 Å². The Labute approximate surface area is 158 Å². The van der Waals surface area contributed by atoms with E-state index in [1.165, 1.54) is 33.3 Å². The molecule has 0 radical (unpaired) electrons. The van der Waals surface area contributed by atoms with E-state index in [2.05, 4.69) is 58.3 Å². The van der Waals surface area contributed by atoms with E-state index in [-0.39, 0.29) is 0 Å². The summed E-state index contributed by atoms with van der Waals surface area (Å²) in [5.74, 6) is 0.829. The van der Waals surface area contributed by atoms with Crippen molar-refractivity contribution >= 4 is 10.9 Å². The third kappa shape index (κ3) is 3.13. The molecule has 4 nitrogen and oxygen atoms in total. The van der Waals surface area contributed by atoms with Gasteiger partial charge in [-0.05, 0) is 24.1 Å². The fraction of sp³-hybridized carbons (Fsp3) is 0.217. The Morgan fingerprint density at radius 3 is 2.89 bits per heavy atom. The Hall–Kier alpha value is -2.98. The van der Waals surface area contributed by atoms with Crippen molar-refractivity contribution in [2.45, 2.75) is 26.4 Å². The predicted molar refractivity (Wildman–Crippen MR) is 108 cm³/mol. The van der Waals surface area contributed by atoms with Gasteiger partial charge in [0.05, 0.1) is 5.69 Å². The number of fused-ring (bicyclic) bond motifs is 2. The normalized spacial score (nSPS) is 14.4. The summed E-state index contributed by atoms with van der Waals surface area (Å²) in [7, 11) is 0. The number of nitrogens with one attached hydrogen (secondary N) is 1. The van der Waals surface area contributed by atoms with Gasteiger partial charge in [0.1, 0.15) is 0 Å². The molecule has 0 bridgehead atoms. The van der Waals surface area contributed by atoms with Gasteiger partial charge in [0, 0.05) is 60.5 Å². The van der Waals surface area contributed by atoms with Gasteiger partial charge < -0.3 is 4.98 Å². The maximum absolute atomic E-state index is 4.83. The summed E-state index contributed by atoms with van der Waals surface area (Å²) in [6.07, 6.45) is 5.13. The second-order valence-corrected chi connectivity index (χ2v) is 7.36. The molecular weight excluding hydrogens is 332 g/mol. The maximum atomic E-state index is 4.83. The van der Waals surface area contributed by atoms with Crippen LogP contribution in [0.3, 0.4) is 0 Å². The van der Waals surface area contributed by atoms with Crippen LogP contribution in [0.1, 0.15) is 22.4 Å². The molecule has 0 fully saturated rings. The predicted octanol–water partition coefficient (Wildman–Crippen LogP) is 4.49. The summed E-state index contributed by atoms with van der Waals surface area (Å²) in [5.41, 5.74) is 7.38. The molecule has 1 N–H and O–H groups in total. The molecule has 0 saturated carbocycles. The third-order valence-electron chi connectivity index (χ3n) is 5.36. The van der Waals surface area contributed by atoms with E-state index in [0.717, 1.165) is 37.4 Å². The molecule has 4 aromatic rings. The van der Waals surface area contributed by atoms with Gasteiger partial charge in [0.15, 0.2) is 5.82 Å². The largest absolute Gasteiger partial charge is 0.361 e. The molecule has 4 heteroatoms. The van der Waals surface area contributed by atoms with Crippen LogP contribution in [0.5, 0.6) is 0 Å². The van der Waals surface area contributed by atoms with Crippen molar-refractivity contribution in [3.63, 3.8) is 0 Å². The van der Waals surface area contributed by atoms with Crippen LogP contribution < -0.4 is 0 Å². The zero-order chi connectivity index (χ0) is 18.2. The number of aromatic amines is 1. The van der Waals surface area contributed by atoms with Crippen molar-refractivity contribution in [1.82, 2.24) is 19.9 Å². The van der Waals surface area contributed by atoms with E-state index >= 15 is 0 Å². The van der Waals surface area contributed by atoms with E-state index in [0.29, 0.717) is 0 Å². The van der Waals surface area contributed by atoms with E-state index in [9.17, 15) is 0 Å². The maximum Gasteiger partial charge on any atom is 0.159 e. The summed E-state index contributed by atoms with van der Waals surface area (Å²) < 4.78 is 0. The van der Waals surface area contributed by atoms with Gasteiger partial charge in [-0.1, -0.05) is 42.5 Å². The first-order valence-electron chi connectivity index (χ1n) is 9.45. The highest BCUT2D eigenvalue weighted by atomic mass is 15.1. The topological polar surface area (TPSA) is 44.8 Å². The van der Waals surface area contributed by atoms with Gasteiger partial charge in [-0.2, -0.15) is 0 Å². The van der Waals surface area contributed by atoms with E-state index in [1.807, 2.05) is 24.4 Å². The van der Waals surface area contributed by atoms with Gasteiger partial charge >= 0.3 is 0 Å². The molecule has 0 spiro atoms. The van der Waals surface area contributed by atoms with Gasteiger partial charge in [0.25, 0.3) is 0 Å². The standard InChI is InChI=1S/C23H22N4/c1-16-7-8-20-18(12-24-22(20)11-16)14-27-10-9-21-19(15-27)13-25-23(26-21)17-5-3-2-4-6-17/h2-8,11-13,24H,9-10,14-15H2,1H3. The molecule has 3 heterocycles. The highest BCUT2D eigenvalue weighted by Gasteiger charge is 2.20. The second kappa shape index (κ2) is 6.63. The summed E-state index contributed by atoms with van der Waals surface area (Å²) in [4.78, 5) is 15.3. The monoisotopic (exact) mass is 354 g/mol. The van der Waals surface area contributed by atoms with Crippen molar-refractivity contribution in [1.29, 1.82) is 0 Å². The highest BCUT2D eigenvalue weighted by molar-refractivity contribution is 5.83. The molecule has 27 heavy (non-hydrogen) atoms. The zero-order valence-corrected chi connectivity index (χ0v) is 15.4. The average Bonchev–Trinajstić information content (AvgIpc) is 3.10. The molecule has 0 amide bonds. The molecule has 134 valence electrons. The number of aromatic nitrogens is 3. The molecule has 1 aliphatic rings. The highest BCUT2D eigenvalue weighted by Crippen LogP contribution is 2.25. The van der Waals surface area contributed by atoms with Crippen molar-refractivity contribution in [3.05, 3.63) is 83.3 Å². The fourth-order valence-corrected chi connectivity index (χ4v) is 3.91. The Kier molecular flexibility index (Phi) is 3.98. The van der Waals surface area contributed by atoms with Crippen LogP contribution >= 0.6 is 0 Å². The molecule has 0 atom stereocenters.